The minimum absolute atomic E-state index is 0.229. The van der Waals surface area contributed by atoms with E-state index in [0.29, 0.717) is 17.1 Å². The number of hydrogen-bond donors (Lipinski definition) is 1. The Balaban J connectivity index is 3.06. The van der Waals surface area contributed by atoms with E-state index in [4.69, 9.17) is 17.3 Å². The van der Waals surface area contributed by atoms with Crippen molar-refractivity contribution in [1.29, 1.82) is 0 Å². The number of hydrogen-bond acceptors (Lipinski definition) is 1. The van der Waals surface area contributed by atoms with Crippen LogP contribution < -0.4 is 5.73 Å². The highest BCUT2D eigenvalue weighted by Crippen LogP contribution is 2.26. The summed E-state index contributed by atoms with van der Waals surface area (Å²) in [4.78, 5) is 0. The minimum Gasteiger partial charge on any atom is -0.330 e. The Morgan fingerprint density at radius 2 is 2.00 bits per heavy atom. The second-order valence-electron chi connectivity index (χ2n) is 3.47. The number of rotatable bonds is 3. The van der Waals surface area contributed by atoms with Gasteiger partial charge in [0.1, 0.15) is 5.82 Å². The summed E-state index contributed by atoms with van der Waals surface area (Å²) < 4.78 is 13.3. The van der Waals surface area contributed by atoms with E-state index in [9.17, 15) is 4.39 Å². The molecule has 0 fully saturated rings. The molecule has 1 rings (SSSR count). The first-order valence-corrected chi connectivity index (χ1v) is 5.10. The zero-order valence-electron chi connectivity index (χ0n) is 8.53. The lowest BCUT2D eigenvalue weighted by Gasteiger charge is -2.10. The fraction of sp³-hybridized carbons (Fsp3) is 0.455. The predicted octanol–water partition coefficient (Wildman–Crippen LogP) is 2.99. The van der Waals surface area contributed by atoms with Crippen LogP contribution in [-0.2, 0) is 6.42 Å². The molecule has 1 nitrogen and oxygen atoms in total. The van der Waals surface area contributed by atoms with Crippen LogP contribution in [0.25, 0.3) is 0 Å². The van der Waals surface area contributed by atoms with Crippen molar-refractivity contribution in [2.24, 2.45) is 5.73 Å². The molecule has 14 heavy (non-hydrogen) atoms. The molecule has 3 heteroatoms. The SMILES string of the molecule is Cc1c(F)cc(CCCN)c(C)c1Cl. The number of aryl methyl sites for hydroxylation is 1. The van der Waals surface area contributed by atoms with Gasteiger partial charge in [-0.05, 0) is 50.4 Å². The Labute approximate surface area is 89.1 Å². The molecular formula is C11H15ClFN. The van der Waals surface area contributed by atoms with Gasteiger partial charge < -0.3 is 5.73 Å². The van der Waals surface area contributed by atoms with Crippen LogP contribution in [0.2, 0.25) is 5.02 Å². The standard InChI is InChI=1S/C11H15ClFN/c1-7-9(4-3-5-14)6-10(13)8(2)11(7)12/h6H,3-5,14H2,1-2H3. The lowest BCUT2D eigenvalue weighted by atomic mass is 10.0. The Morgan fingerprint density at radius 1 is 1.36 bits per heavy atom. The van der Waals surface area contributed by atoms with E-state index < -0.39 is 0 Å². The molecule has 0 spiro atoms. The molecule has 0 bridgehead atoms. The molecule has 0 aromatic heterocycles. The highest BCUT2D eigenvalue weighted by atomic mass is 35.5. The second-order valence-corrected chi connectivity index (χ2v) is 3.85. The quantitative estimate of drug-likeness (QED) is 0.824. The summed E-state index contributed by atoms with van der Waals surface area (Å²) in [6.07, 6.45) is 1.65. The van der Waals surface area contributed by atoms with E-state index in [1.165, 1.54) is 0 Å². The Hall–Kier alpha value is -0.600. The first kappa shape index (κ1) is 11.5. The molecule has 1 aromatic rings. The van der Waals surface area contributed by atoms with Crippen LogP contribution in [0.15, 0.2) is 6.07 Å². The second kappa shape index (κ2) is 4.76. The molecular weight excluding hydrogens is 201 g/mol. The van der Waals surface area contributed by atoms with E-state index in [1.54, 1.807) is 13.0 Å². The average Bonchev–Trinajstić information content (AvgIpc) is 2.18. The zero-order chi connectivity index (χ0) is 10.7. The van der Waals surface area contributed by atoms with E-state index in [-0.39, 0.29) is 5.82 Å². The maximum Gasteiger partial charge on any atom is 0.127 e. The average molecular weight is 216 g/mol. The monoisotopic (exact) mass is 215 g/mol. The fourth-order valence-corrected chi connectivity index (χ4v) is 1.66. The van der Waals surface area contributed by atoms with Crippen molar-refractivity contribution in [1.82, 2.24) is 0 Å². The van der Waals surface area contributed by atoms with Crippen LogP contribution >= 0.6 is 11.6 Å². The molecule has 0 radical (unpaired) electrons. The van der Waals surface area contributed by atoms with Gasteiger partial charge in [-0.3, -0.25) is 0 Å². The van der Waals surface area contributed by atoms with Crippen molar-refractivity contribution < 1.29 is 4.39 Å². The molecule has 0 atom stereocenters. The largest absolute Gasteiger partial charge is 0.330 e. The van der Waals surface area contributed by atoms with Crippen molar-refractivity contribution in [3.8, 4) is 0 Å². The molecule has 0 amide bonds. The lowest BCUT2D eigenvalue weighted by molar-refractivity contribution is 0.614. The first-order valence-electron chi connectivity index (χ1n) is 4.72. The van der Waals surface area contributed by atoms with E-state index >= 15 is 0 Å². The maximum absolute atomic E-state index is 13.3. The van der Waals surface area contributed by atoms with Gasteiger partial charge in [0.25, 0.3) is 0 Å². The predicted molar refractivity (Wildman–Crippen MR) is 58.3 cm³/mol. The van der Waals surface area contributed by atoms with Crippen LogP contribution in [0, 0.1) is 19.7 Å². The normalized spacial score (nSPS) is 10.6. The summed E-state index contributed by atoms with van der Waals surface area (Å²) in [6, 6.07) is 1.56. The van der Waals surface area contributed by atoms with Crippen molar-refractivity contribution in [3.63, 3.8) is 0 Å². The molecule has 1 aromatic carbocycles. The number of halogens is 2. The van der Waals surface area contributed by atoms with Crippen molar-refractivity contribution in [3.05, 3.63) is 33.6 Å². The van der Waals surface area contributed by atoms with Gasteiger partial charge >= 0.3 is 0 Å². The molecule has 0 heterocycles. The van der Waals surface area contributed by atoms with Crippen molar-refractivity contribution in [2.75, 3.05) is 6.54 Å². The summed E-state index contributed by atoms with van der Waals surface area (Å²) >= 11 is 6.00. The maximum atomic E-state index is 13.3. The van der Waals surface area contributed by atoms with Crippen LogP contribution in [0.1, 0.15) is 23.1 Å². The third kappa shape index (κ3) is 2.25. The summed E-state index contributed by atoms with van der Waals surface area (Å²) in [5.41, 5.74) is 7.87. The number of nitrogens with two attached hydrogens (primary N) is 1. The van der Waals surface area contributed by atoms with E-state index in [1.807, 2.05) is 6.92 Å². The fourth-order valence-electron chi connectivity index (χ4n) is 1.45. The molecule has 0 unspecified atom stereocenters. The highest BCUT2D eigenvalue weighted by molar-refractivity contribution is 6.32. The van der Waals surface area contributed by atoms with Crippen molar-refractivity contribution >= 4 is 11.6 Å². The number of benzene rings is 1. The van der Waals surface area contributed by atoms with Gasteiger partial charge in [0.15, 0.2) is 0 Å². The lowest BCUT2D eigenvalue weighted by Crippen LogP contribution is -2.03. The zero-order valence-corrected chi connectivity index (χ0v) is 9.29. The molecule has 0 aliphatic heterocycles. The summed E-state index contributed by atoms with van der Waals surface area (Å²) in [7, 11) is 0. The first-order chi connectivity index (χ1) is 6.57. The van der Waals surface area contributed by atoms with E-state index in [2.05, 4.69) is 0 Å². The Kier molecular flexibility index (Phi) is 3.90. The van der Waals surface area contributed by atoms with Gasteiger partial charge in [-0.15, -0.1) is 0 Å². The topological polar surface area (TPSA) is 26.0 Å². The third-order valence-corrected chi connectivity index (χ3v) is 3.02. The minimum atomic E-state index is -0.229. The van der Waals surface area contributed by atoms with Gasteiger partial charge in [-0.1, -0.05) is 11.6 Å². The molecule has 78 valence electrons. The Bertz CT molecular complexity index is 337. The molecule has 0 saturated carbocycles. The molecule has 2 N–H and O–H groups in total. The van der Waals surface area contributed by atoms with Crippen molar-refractivity contribution in [2.45, 2.75) is 26.7 Å². The van der Waals surface area contributed by atoms with Crippen LogP contribution in [0.3, 0.4) is 0 Å². The molecule has 0 aliphatic rings. The van der Waals surface area contributed by atoms with Gasteiger partial charge in [-0.2, -0.15) is 0 Å². The summed E-state index contributed by atoms with van der Waals surface area (Å²) in [5, 5.41) is 0.539. The van der Waals surface area contributed by atoms with Crippen LogP contribution in [0.4, 0.5) is 4.39 Å². The van der Waals surface area contributed by atoms with E-state index in [0.717, 1.165) is 24.0 Å². The van der Waals surface area contributed by atoms with Gasteiger partial charge in [0.05, 0.1) is 0 Å². The summed E-state index contributed by atoms with van der Waals surface area (Å²) in [6.45, 7) is 4.23. The molecule has 0 saturated heterocycles. The Morgan fingerprint density at radius 3 is 2.57 bits per heavy atom. The van der Waals surface area contributed by atoms with Crippen LogP contribution in [-0.4, -0.2) is 6.54 Å². The van der Waals surface area contributed by atoms with Gasteiger partial charge in [0, 0.05) is 10.6 Å². The highest BCUT2D eigenvalue weighted by Gasteiger charge is 2.10. The summed E-state index contributed by atoms with van der Waals surface area (Å²) in [5.74, 6) is -0.229. The van der Waals surface area contributed by atoms with Crippen LogP contribution in [0.5, 0.6) is 0 Å². The third-order valence-electron chi connectivity index (χ3n) is 2.45. The molecule has 0 aliphatic carbocycles. The van der Waals surface area contributed by atoms with Gasteiger partial charge in [-0.25, -0.2) is 4.39 Å². The van der Waals surface area contributed by atoms with Gasteiger partial charge in [0.2, 0.25) is 0 Å². The smallest absolute Gasteiger partial charge is 0.127 e.